The SMILES string of the molecule is Cc1cc(F)ccc1CN(C(=O)OC(C)(C)C)c1cc(SC2CCN(C(=O)OC(C)(C)C)CC2)nn2c(C(C)C)cnc12. The number of amides is 2. The predicted octanol–water partition coefficient (Wildman–Crippen LogP) is 7.73. The predicted molar refractivity (Wildman–Crippen MR) is 167 cm³/mol. The molecule has 1 saturated heterocycles. The molecule has 4 rings (SSSR count). The lowest BCUT2D eigenvalue weighted by atomic mass is 10.1. The Balaban J connectivity index is 1.69. The molecule has 2 amide bonds. The third-order valence-corrected chi connectivity index (χ3v) is 8.21. The van der Waals surface area contributed by atoms with Gasteiger partial charge in [-0.25, -0.2) is 23.5 Å². The zero-order chi connectivity index (χ0) is 31.7. The quantitative estimate of drug-likeness (QED) is 0.281. The minimum Gasteiger partial charge on any atom is -0.444 e. The second-order valence-corrected chi connectivity index (χ2v) is 14.7. The summed E-state index contributed by atoms with van der Waals surface area (Å²) >= 11 is 1.63. The van der Waals surface area contributed by atoms with Crippen LogP contribution >= 0.6 is 11.8 Å². The number of ether oxygens (including phenoxy) is 2. The topological polar surface area (TPSA) is 89.3 Å². The van der Waals surface area contributed by atoms with E-state index in [1.165, 1.54) is 12.1 Å². The molecule has 1 aliphatic heterocycles. The molecule has 0 bridgehead atoms. The molecule has 1 aromatic carbocycles. The fourth-order valence-corrected chi connectivity index (χ4v) is 5.92. The summed E-state index contributed by atoms with van der Waals surface area (Å²) in [6, 6.07) is 6.44. The number of imidazole rings is 1. The third kappa shape index (κ3) is 8.40. The number of rotatable bonds is 6. The Bertz CT molecular complexity index is 1470. The average Bonchev–Trinajstić information content (AvgIpc) is 3.31. The van der Waals surface area contributed by atoms with Crippen LogP contribution in [-0.4, -0.2) is 61.2 Å². The van der Waals surface area contributed by atoms with Gasteiger partial charge in [0.15, 0.2) is 5.65 Å². The van der Waals surface area contributed by atoms with E-state index >= 15 is 0 Å². The van der Waals surface area contributed by atoms with Crippen molar-refractivity contribution >= 4 is 35.3 Å². The Morgan fingerprint density at radius 3 is 2.30 bits per heavy atom. The first-order chi connectivity index (χ1) is 20.0. The van der Waals surface area contributed by atoms with Crippen molar-refractivity contribution in [1.29, 1.82) is 0 Å². The lowest BCUT2D eigenvalue weighted by Crippen LogP contribution is -2.42. The summed E-state index contributed by atoms with van der Waals surface area (Å²) in [6.07, 6.45) is 2.54. The second-order valence-electron chi connectivity index (χ2n) is 13.4. The van der Waals surface area contributed by atoms with Crippen molar-refractivity contribution in [3.05, 3.63) is 53.1 Å². The number of anilines is 1. The van der Waals surface area contributed by atoms with Crippen LogP contribution in [-0.2, 0) is 16.0 Å². The monoisotopic (exact) mass is 613 g/mol. The molecule has 11 heteroatoms. The Morgan fingerprint density at radius 1 is 1.07 bits per heavy atom. The van der Waals surface area contributed by atoms with Crippen LogP contribution in [0.4, 0.5) is 19.7 Å². The van der Waals surface area contributed by atoms with Gasteiger partial charge in [-0.05, 0) is 96.6 Å². The van der Waals surface area contributed by atoms with Gasteiger partial charge in [0.25, 0.3) is 0 Å². The van der Waals surface area contributed by atoms with Crippen molar-refractivity contribution in [2.45, 2.75) is 109 Å². The van der Waals surface area contributed by atoms with Gasteiger partial charge in [0.2, 0.25) is 0 Å². The van der Waals surface area contributed by atoms with Gasteiger partial charge < -0.3 is 14.4 Å². The fourth-order valence-electron chi connectivity index (χ4n) is 4.82. The molecule has 3 heterocycles. The van der Waals surface area contributed by atoms with Gasteiger partial charge in [0.1, 0.15) is 22.0 Å². The summed E-state index contributed by atoms with van der Waals surface area (Å²) in [6.45, 7) is 18.4. The normalized spacial score (nSPS) is 14.8. The number of piperidine rings is 1. The van der Waals surface area contributed by atoms with Crippen molar-refractivity contribution in [1.82, 2.24) is 19.5 Å². The highest BCUT2D eigenvalue weighted by Crippen LogP contribution is 2.35. The number of thioether (sulfide) groups is 1. The first-order valence-corrected chi connectivity index (χ1v) is 15.7. The van der Waals surface area contributed by atoms with Crippen molar-refractivity contribution in [2.75, 3.05) is 18.0 Å². The molecule has 0 aliphatic carbocycles. The highest BCUT2D eigenvalue weighted by Gasteiger charge is 2.30. The molecule has 1 fully saturated rings. The number of hydrogen-bond acceptors (Lipinski definition) is 7. The molecule has 234 valence electrons. The van der Waals surface area contributed by atoms with Crippen LogP contribution in [0, 0.1) is 12.7 Å². The number of aromatic nitrogens is 3. The van der Waals surface area contributed by atoms with Gasteiger partial charge in [0.05, 0.1) is 24.1 Å². The minimum absolute atomic E-state index is 0.141. The summed E-state index contributed by atoms with van der Waals surface area (Å²) in [4.78, 5) is 34.3. The first-order valence-electron chi connectivity index (χ1n) is 14.8. The van der Waals surface area contributed by atoms with E-state index in [0.29, 0.717) is 24.4 Å². The molecule has 0 radical (unpaired) electrons. The molecule has 0 unspecified atom stereocenters. The molecule has 0 spiro atoms. The number of benzene rings is 1. The van der Waals surface area contributed by atoms with Crippen molar-refractivity contribution in [3.63, 3.8) is 0 Å². The summed E-state index contributed by atoms with van der Waals surface area (Å²) in [5.41, 5.74) is 2.28. The summed E-state index contributed by atoms with van der Waals surface area (Å²) in [5, 5.41) is 5.91. The molecule has 0 N–H and O–H groups in total. The highest BCUT2D eigenvalue weighted by atomic mass is 32.2. The van der Waals surface area contributed by atoms with Crippen molar-refractivity contribution in [3.8, 4) is 0 Å². The number of likely N-dealkylation sites (tertiary alicyclic amines) is 1. The zero-order valence-electron chi connectivity index (χ0n) is 26.7. The Labute approximate surface area is 258 Å². The number of hydrogen-bond donors (Lipinski definition) is 0. The Morgan fingerprint density at radius 2 is 1.72 bits per heavy atom. The molecular weight excluding hydrogens is 569 g/mol. The van der Waals surface area contributed by atoms with Crippen LogP contribution in [0.2, 0.25) is 0 Å². The summed E-state index contributed by atoms with van der Waals surface area (Å²) < 4.78 is 27.2. The largest absolute Gasteiger partial charge is 0.444 e. The van der Waals surface area contributed by atoms with Gasteiger partial charge >= 0.3 is 12.2 Å². The van der Waals surface area contributed by atoms with Gasteiger partial charge in [-0.1, -0.05) is 19.9 Å². The van der Waals surface area contributed by atoms with Crippen LogP contribution in [0.1, 0.15) is 91.0 Å². The standard InChI is InChI=1S/C32H44FN5O4S/c1-20(2)26-18-34-28-25(37(30(40)42-32(7,8)9)19-22-10-11-23(33)16-21(22)3)17-27(35-38(26)28)43-24-12-14-36(15-13-24)29(39)41-31(4,5)6/h10-11,16-18,20,24H,12-15,19H2,1-9H3. The Kier molecular flexibility index (Phi) is 9.63. The maximum atomic E-state index is 13.9. The number of fused-ring (bicyclic) bond motifs is 1. The number of aryl methyl sites for hydroxylation is 1. The van der Waals surface area contributed by atoms with E-state index < -0.39 is 17.3 Å². The molecule has 1 aliphatic rings. The zero-order valence-corrected chi connectivity index (χ0v) is 27.5. The average molecular weight is 614 g/mol. The van der Waals surface area contributed by atoms with Crippen molar-refractivity contribution in [2.24, 2.45) is 0 Å². The lowest BCUT2D eigenvalue weighted by molar-refractivity contribution is 0.0219. The van der Waals surface area contributed by atoms with E-state index in [1.807, 2.05) is 59.0 Å². The van der Waals surface area contributed by atoms with E-state index in [-0.39, 0.29) is 29.6 Å². The highest BCUT2D eigenvalue weighted by molar-refractivity contribution is 7.99. The number of carbonyl (C=O) groups excluding carboxylic acids is 2. The minimum atomic E-state index is -0.727. The number of carbonyl (C=O) groups is 2. The maximum absolute atomic E-state index is 13.9. The molecular formula is C32H44FN5O4S. The molecule has 2 aromatic heterocycles. The molecule has 0 saturated carbocycles. The van der Waals surface area contributed by atoms with E-state index in [2.05, 4.69) is 18.8 Å². The maximum Gasteiger partial charge on any atom is 0.415 e. The summed E-state index contributed by atoms with van der Waals surface area (Å²) in [5.74, 6) is -0.190. The van der Waals surface area contributed by atoms with Gasteiger partial charge in [-0.2, -0.15) is 5.10 Å². The number of nitrogens with zero attached hydrogens (tertiary/aromatic N) is 5. The summed E-state index contributed by atoms with van der Waals surface area (Å²) in [7, 11) is 0. The number of halogens is 1. The molecule has 3 aromatic rings. The Hall–Kier alpha value is -3.34. The third-order valence-electron chi connectivity index (χ3n) is 6.96. The van der Waals surface area contributed by atoms with Gasteiger partial charge in [-0.15, -0.1) is 11.8 Å². The van der Waals surface area contributed by atoms with Crippen molar-refractivity contribution < 1.29 is 23.5 Å². The lowest BCUT2D eigenvalue weighted by Gasteiger charge is -2.33. The van der Waals surface area contributed by atoms with E-state index in [1.54, 1.807) is 33.8 Å². The smallest absolute Gasteiger partial charge is 0.415 e. The van der Waals surface area contributed by atoms with Crippen LogP contribution in [0.5, 0.6) is 0 Å². The van der Waals surface area contributed by atoms with Gasteiger partial charge in [0, 0.05) is 18.3 Å². The molecule has 9 nitrogen and oxygen atoms in total. The fraction of sp³-hybridized carbons (Fsp3) is 0.562. The van der Waals surface area contributed by atoms with Crippen LogP contribution in [0.3, 0.4) is 0 Å². The van der Waals surface area contributed by atoms with Gasteiger partial charge in [-0.3, -0.25) is 4.90 Å². The van der Waals surface area contributed by atoms with E-state index in [0.717, 1.165) is 34.7 Å². The molecule has 43 heavy (non-hydrogen) atoms. The van der Waals surface area contributed by atoms with E-state index in [9.17, 15) is 14.0 Å². The van der Waals surface area contributed by atoms with Crippen LogP contribution < -0.4 is 4.90 Å². The van der Waals surface area contributed by atoms with Crippen LogP contribution in [0.25, 0.3) is 5.65 Å². The van der Waals surface area contributed by atoms with E-state index in [4.69, 9.17) is 14.6 Å². The first kappa shape index (κ1) is 32.6. The molecule has 0 atom stereocenters. The van der Waals surface area contributed by atoms with Crippen LogP contribution in [0.15, 0.2) is 35.5 Å². The second kappa shape index (κ2) is 12.7.